The molecular formula is C18H30N4O2S. The Balaban J connectivity index is 1.87. The maximum atomic E-state index is 11.3. The normalized spacial score (nSPS) is 21.8. The number of guanidine groups is 1. The quantitative estimate of drug-likeness (QED) is 0.617. The molecule has 6 nitrogen and oxygen atoms in total. The number of sulfonamides is 1. The zero-order chi connectivity index (χ0) is 18.4. The van der Waals surface area contributed by atoms with Crippen LogP contribution in [0.15, 0.2) is 34.2 Å². The molecular weight excluding hydrogens is 336 g/mol. The Hall–Kier alpha value is -1.60. The van der Waals surface area contributed by atoms with E-state index in [1.54, 1.807) is 19.2 Å². The first-order valence-corrected chi connectivity index (χ1v) is 10.4. The van der Waals surface area contributed by atoms with Crippen molar-refractivity contribution in [2.75, 3.05) is 20.6 Å². The molecule has 0 saturated heterocycles. The van der Waals surface area contributed by atoms with Gasteiger partial charge in [0.25, 0.3) is 0 Å². The van der Waals surface area contributed by atoms with Crippen molar-refractivity contribution in [3.63, 3.8) is 0 Å². The smallest absolute Gasteiger partial charge is 0.238 e. The lowest BCUT2D eigenvalue weighted by Crippen LogP contribution is -2.41. The predicted molar refractivity (Wildman–Crippen MR) is 102 cm³/mol. The Labute approximate surface area is 151 Å². The number of benzene rings is 1. The van der Waals surface area contributed by atoms with Crippen LogP contribution in [0.25, 0.3) is 0 Å². The first kappa shape index (κ1) is 19.7. The highest BCUT2D eigenvalue weighted by molar-refractivity contribution is 7.89. The molecule has 0 bridgehead atoms. The van der Waals surface area contributed by atoms with Crippen LogP contribution >= 0.6 is 0 Å². The Morgan fingerprint density at radius 3 is 2.36 bits per heavy atom. The minimum atomic E-state index is -3.64. The molecule has 25 heavy (non-hydrogen) atoms. The lowest BCUT2D eigenvalue weighted by Gasteiger charge is -2.31. The number of nitrogens with two attached hydrogens (primary N) is 1. The van der Waals surface area contributed by atoms with Crippen LogP contribution in [-0.4, -0.2) is 39.9 Å². The van der Waals surface area contributed by atoms with E-state index in [-0.39, 0.29) is 4.90 Å². The van der Waals surface area contributed by atoms with Crippen molar-refractivity contribution in [1.82, 2.24) is 10.2 Å². The van der Waals surface area contributed by atoms with Crippen molar-refractivity contribution in [3.8, 4) is 0 Å². The molecule has 1 fully saturated rings. The Morgan fingerprint density at radius 2 is 1.84 bits per heavy atom. The average Bonchev–Trinajstić information content (AvgIpc) is 2.57. The monoisotopic (exact) mass is 366 g/mol. The second kappa shape index (κ2) is 8.67. The molecule has 0 atom stereocenters. The van der Waals surface area contributed by atoms with E-state index in [4.69, 9.17) is 5.14 Å². The average molecular weight is 367 g/mol. The van der Waals surface area contributed by atoms with Gasteiger partial charge in [0, 0.05) is 27.2 Å². The molecule has 0 aliphatic heterocycles. The van der Waals surface area contributed by atoms with Gasteiger partial charge in [0.1, 0.15) is 0 Å². The van der Waals surface area contributed by atoms with Gasteiger partial charge in [-0.3, -0.25) is 4.99 Å². The zero-order valence-electron chi connectivity index (χ0n) is 15.4. The number of nitrogens with one attached hydrogen (secondary N) is 1. The molecule has 0 aromatic heterocycles. The molecule has 1 aromatic carbocycles. The number of aliphatic imine (C=N–C) groups is 1. The highest BCUT2D eigenvalue weighted by Crippen LogP contribution is 2.28. The summed E-state index contributed by atoms with van der Waals surface area (Å²) in [5, 5.41) is 8.46. The van der Waals surface area contributed by atoms with Gasteiger partial charge in [-0.05, 0) is 42.4 Å². The fourth-order valence-corrected chi connectivity index (χ4v) is 3.86. The number of hydrogen-bond acceptors (Lipinski definition) is 3. The zero-order valence-corrected chi connectivity index (χ0v) is 16.2. The fraction of sp³-hybridized carbons (Fsp3) is 0.611. The summed E-state index contributed by atoms with van der Waals surface area (Å²) in [5.74, 6) is 2.45. The van der Waals surface area contributed by atoms with Gasteiger partial charge < -0.3 is 10.2 Å². The summed E-state index contributed by atoms with van der Waals surface area (Å²) in [6.07, 6.45) is 5.22. The van der Waals surface area contributed by atoms with Crippen molar-refractivity contribution >= 4 is 16.0 Å². The van der Waals surface area contributed by atoms with Crippen molar-refractivity contribution < 1.29 is 8.42 Å². The molecule has 7 heteroatoms. The van der Waals surface area contributed by atoms with Gasteiger partial charge >= 0.3 is 0 Å². The lowest BCUT2D eigenvalue weighted by molar-refractivity contribution is 0.250. The van der Waals surface area contributed by atoms with Crippen LogP contribution in [0.3, 0.4) is 0 Å². The standard InChI is InChI=1S/C18H30N4O2S/c1-14-4-6-16(7-5-14)13-22(3)18(20-2)21-12-15-8-10-17(11-9-15)25(19,23)24/h8-11,14,16H,4-7,12-13H2,1-3H3,(H,20,21)(H2,19,23,24). The summed E-state index contributed by atoms with van der Waals surface area (Å²) in [5.41, 5.74) is 0.980. The van der Waals surface area contributed by atoms with E-state index in [0.29, 0.717) is 6.54 Å². The lowest BCUT2D eigenvalue weighted by atomic mass is 9.83. The van der Waals surface area contributed by atoms with Gasteiger partial charge in [-0.2, -0.15) is 0 Å². The summed E-state index contributed by atoms with van der Waals surface area (Å²) in [4.78, 5) is 6.66. The molecule has 0 unspecified atom stereocenters. The third kappa shape index (κ3) is 6.01. The van der Waals surface area contributed by atoms with Crippen LogP contribution in [0.5, 0.6) is 0 Å². The second-order valence-electron chi connectivity index (χ2n) is 7.10. The van der Waals surface area contributed by atoms with E-state index in [2.05, 4.69) is 29.2 Å². The largest absolute Gasteiger partial charge is 0.352 e. The van der Waals surface area contributed by atoms with E-state index >= 15 is 0 Å². The molecule has 3 N–H and O–H groups in total. The number of nitrogens with zero attached hydrogens (tertiary/aromatic N) is 2. The Morgan fingerprint density at radius 1 is 1.24 bits per heavy atom. The van der Waals surface area contributed by atoms with Crippen LogP contribution in [0.2, 0.25) is 0 Å². The summed E-state index contributed by atoms with van der Waals surface area (Å²) in [6.45, 7) is 3.93. The van der Waals surface area contributed by atoms with Crippen LogP contribution in [0.1, 0.15) is 38.2 Å². The molecule has 1 aliphatic carbocycles. The third-order valence-electron chi connectivity index (χ3n) is 4.94. The topological polar surface area (TPSA) is 87.8 Å². The van der Waals surface area contributed by atoms with Gasteiger partial charge in [-0.15, -0.1) is 0 Å². The van der Waals surface area contributed by atoms with Crippen LogP contribution in [0.4, 0.5) is 0 Å². The van der Waals surface area contributed by atoms with E-state index in [1.165, 1.54) is 37.8 Å². The van der Waals surface area contributed by atoms with Crippen molar-refractivity contribution in [2.45, 2.75) is 44.0 Å². The number of primary sulfonamides is 1. The molecule has 1 aromatic rings. The van der Waals surface area contributed by atoms with E-state index in [9.17, 15) is 8.42 Å². The van der Waals surface area contributed by atoms with Crippen LogP contribution < -0.4 is 10.5 Å². The van der Waals surface area contributed by atoms with E-state index < -0.39 is 10.0 Å². The minimum Gasteiger partial charge on any atom is -0.352 e. The number of rotatable bonds is 5. The van der Waals surface area contributed by atoms with E-state index in [0.717, 1.165) is 29.9 Å². The Bertz CT molecular complexity index is 678. The summed E-state index contributed by atoms with van der Waals surface area (Å²) in [7, 11) is 0.209. The second-order valence-corrected chi connectivity index (χ2v) is 8.66. The van der Waals surface area contributed by atoms with Crippen molar-refractivity contribution in [3.05, 3.63) is 29.8 Å². The molecule has 1 aliphatic rings. The van der Waals surface area contributed by atoms with Crippen molar-refractivity contribution in [2.24, 2.45) is 22.0 Å². The molecule has 0 heterocycles. The maximum absolute atomic E-state index is 11.3. The maximum Gasteiger partial charge on any atom is 0.238 e. The highest BCUT2D eigenvalue weighted by Gasteiger charge is 2.20. The van der Waals surface area contributed by atoms with Gasteiger partial charge in [0.05, 0.1) is 4.90 Å². The third-order valence-corrected chi connectivity index (χ3v) is 5.87. The predicted octanol–water partition coefficient (Wildman–Crippen LogP) is 2.17. The molecule has 0 amide bonds. The van der Waals surface area contributed by atoms with Crippen LogP contribution in [-0.2, 0) is 16.6 Å². The van der Waals surface area contributed by atoms with Gasteiger partial charge in [-0.1, -0.05) is 31.9 Å². The Kier molecular flexibility index (Phi) is 6.84. The molecule has 2 rings (SSSR count). The van der Waals surface area contributed by atoms with E-state index in [1.807, 2.05) is 0 Å². The molecule has 140 valence electrons. The van der Waals surface area contributed by atoms with Crippen molar-refractivity contribution in [1.29, 1.82) is 0 Å². The SMILES string of the molecule is CN=C(NCc1ccc(S(N)(=O)=O)cc1)N(C)CC1CCC(C)CC1. The van der Waals surface area contributed by atoms with Gasteiger partial charge in [0.15, 0.2) is 5.96 Å². The summed E-state index contributed by atoms with van der Waals surface area (Å²) < 4.78 is 22.6. The highest BCUT2D eigenvalue weighted by atomic mass is 32.2. The van der Waals surface area contributed by atoms with Gasteiger partial charge in [0.2, 0.25) is 10.0 Å². The number of hydrogen-bond donors (Lipinski definition) is 2. The minimum absolute atomic E-state index is 0.129. The summed E-state index contributed by atoms with van der Waals surface area (Å²) in [6, 6.07) is 6.59. The van der Waals surface area contributed by atoms with Crippen LogP contribution in [0, 0.1) is 11.8 Å². The fourth-order valence-electron chi connectivity index (χ4n) is 3.35. The first-order valence-electron chi connectivity index (χ1n) is 8.83. The molecule has 0 spiro atoms. The summed E-state index contributed by atoms with van der Waals surface area (Å²) >= 11 is 0. The van der Waals surface area contributed by atoms with Gasteiger partial charge in [-0.25, -0.2) is 13.6 Å². The first-order chi connectivity index (χ1) is 11.8. The molecule has 1 saturated carbocycles. The molecule has 0 radical (unpaired) electrons.